The predicted molar refractivity (Wildman–Crippen MR) is 84.3 cm³/mol. The van der Waals surface area contributed by atoms with Crippen LogP contribution in [0.5, 0.6) is 5.75 Å². The molecule has 2 N–H and O–H groups in total. The molecule has 2 aromatic heterocycles. The first-order valence-electron chi connectivity index (χ1n) is 7.15. The normalized spacial score (nSPS) is 12.2. The van der Waals surface area contributed by atoms with Gasteiger partial charge in [-0.3, -0.25) is 15.2 Å². The summed E-state index contributed by atoms with van der Waals surface area (Å²) < 4.78 is 42.9. The maximum absolute atomic E-state index is 12.3. The number of hydrogen-bond donors (Lipinski definition) is 2. The van der Waals surface area contributed by atoms with E-state index in [-0.39, 0.29) is 5.75 Å². The molecular formula is C16H15F3N4O. The lowest BCUT2D eigenvalue weighted by atomic mass is 10.2. The van der Waals surface area contributed by atoms with Crippen LogP contribution in [0.3, 0.4) is 0 Å². The molecule has 1 aromatic carbocycles. The first kappa shape index (κ1) is 16.0. The molecule has 0 atom stereocenters. The molecule has 0 bridgehead atoms. The number of nitrogens with zero attached hydrogens (tertiary/aromatic N) is 2. The van der Waals surface area contributed by atoms with E-state index in [4.69, 9.17) is 0 Å². The minimum absolute atomic E-state index is 0.227. The Labute approximate surface area is 135 Å². The SMILES string of the molecule is CN=Cc1[nH][nH]c1-c1cccn1Cc1cccc(OC(F)(F)F)c1. The van der Waals surface area contributed by atoms with Crippen molar-refractivity contribution in [1.29, 1.82) is 0 Å². The minimum Gasteiger partial charge on any atom is -0.406 e. The molecule has 8 heteroatoms. The highest BCUT2D eigenvalue weighted by Gasteiger charge is 2.31. The van der Waals surface area contributed by atoms with Gasteiger partial charge in [-0.2, -0.15) is 0 Å². The van der Waals surface area contributed by atoms with Crippen LogP contribution in [0, 0.1) is 0 Å². The number of rotatable bonds is 5. The van der Waals surface area contributed by atoms with Gasteiger partial charge in [0.2, 0.25) is 0 Å². The van der Waals surface area contributed by atoms with Crippen LogP contribution >= 0.6 is 0 Å². The summed E-state index contributed by atoms with van der Waals surface area (Å²) in [7, 11) is 1.68. The largest absolute Gasteiger partial charge is 0.573 e. The summed E-state index contributed by atoms with van der Waals surface area (Å²) in [5.74, 6) is -0.227. The Bertz CT molecular complexity index is 842. The predicted octanol–water partition coefficient (Wildman–Crippen LogP) is 3.81. The molecule has 0 saturated carbocycles. The number of aromatic nitrogens is 3. The Morgan fingerprint density at radius 1 is 1.21 bits per heavy atom. The molecule has 0 aliphatic rings. The van der Waals surface area contributed by atoms with Gasteiger partial charge in [0.25, 0.3) is 0 Å². The fourth-order valence-corrected chi connectivity index (χ4v) is 2.44. The average Bonchev–Trinajstić information content (AvgIpc) is 2.90. The van der Waals surface area contributed by atoms with E-state index in [0.29, 0.717) is 12.1 Å². The number of alkyl halides is 3. The molecule has 126 valence electrons. The van der Waals surface area contributed by atoms with Crippen molar-refractivity contribution in [1.82, 2.24) is 14.8 Å². The fraction of sp³-hybridized carbons (Fsp3) is 0.188. The Morgan fingerprint density at radius 2 is 2.04 bits per heavy atom. The standard InChI is InChI=1S/C16H15F3N4O/c1-20-9-13-15(22-21-13)14-6-3-7-23(14)10-11-4-2-5-12(8-11)24-16(17,18)19/h2-9,21-22H,10H2,1H3. The van der Waals surface area contributed by atoms with Gasteiger partial charge < -0.3 is 9.30 Å². The lowest BCUT2D eigenvalue weighted by Gasteiger charge is -2.15. The second-order valence-corrected chi connectivity index (χ2v) is 5.14. The number of H-pyrrole nitrogens is 2. The molecule has 3 aromatic rings. The van der Waals surface area contributed by atoms with Crippen molar-refractivity contribution in [2.75, 3.05) is 7.05 Å². The fourth-order valence-electron chi connectivity index (χ4n) is 2.44. The number of aromatic amines is 2. The summed E-state index contributed by atoms with van der Waals surface area (Å²) in [5, 5.41) is 5.93. The highest BCUT2D eigenvalue weighted by atomic mass is 19.4. The zero-order valence-corrected chi connectivity index (χ0v) is 12.8. The molecule has 5 nitrogen and oxygen atoms in total. The van der Waals surface area contributed by atoms with Crippen LogP contribution in [0.4, 0.5) is 13.2 Å². The van der Waals surface area contributed by atoms with E-state index in [0.717, 1.165) is 17.1 Å². The second kappa shape index (κ2) is 6.31. The molecule has 0 aliphatic carbocycles. The number of nitrogens with one attached hydrogen (secondary N) is 2. The van der Waals surface area contributed by atoms with Crippen molar-refractivity contribution >= 4 is 6.21 Å². The van der Waals surface area contributed by atoms with E-state index >= 15 is 0 Å². The molecule has 24 heavy (non-hydrogen) atoms. The van der Waals surface area contributed by atoms with E-state index < -0.39 is 6.36 Å². The monoisotopic (exact) mass is 336 g/mol. The van der Waals surface area contributed by atoms with Gasteiger partial charge >= 0.3 is 6.36 Å². The van der Waals surface area contributed by atoms with Gasteiger partial charge in [0.05, 0.1) is 11.4 Å². The van der Waals surface area contributed by atoms with E-state index in [1.807, 2.05) is 22.9 Å². The van der Waals surface area contributed by atoms with Crippen LogP contribution in [-0.4, -0.2) is 34.4 Å². The van der Waals surface area contributed by atoms with E-state index in [2.05, 4.69) is 19.9 Å². The third-order valence-electron chi connectivity index (χ3n) is 3.42. The molecule has 0 saturated heterocycles. The van der Waals surface area contributed by atoms with Crippen LogP contribution in [0.2, 0.25) is 0 Å². The molecule has 0 unspecified atom stereocenters. The molecule has 0 aliphatic heterocycles. The Hall–Kier alpha value is -2.90. The van der Waals surface area contributed by atoms with Crippen LogP contribution in [0.1, 0.15) is 11.3 Å². The van der Waals surface area contributed by atoms with Crippen molar-refractivity contribution in [2.24, 2.45) is 4.99 Å². The highest BCUT2D eigenvalue weighted by molar-refractivity contribution is 5.86. The van der Waals surface area contributed by atoms with Gasteiger partial charge in [-0.25, -0.2) is 0 Å². The Kier molecular flexibility index (Phi) is 4.20. The summed E-state index contributed by atoms with van der Waals surface area (Å²) in [6, 6.07) is 9.75. The molecule has 0 amide bonds. The van der Waals surface area contributed by atoms with Gasteiger partial charge in [0.15, 0.2) is 0 Å². The van der Waals surface area contributed by atoms with Gasteiger partial charge in [-0.15, -0.1) is 13.2 Å². The van der Waals surface area contributed by atoms with E-state index in [1.54, 1.807) is 19.3 Å². The van der Waals surface area contributed by atoms with Gasteiger partial charge in [0.1, 0.15) is 11.4 Å². The lowest BCUT2D eigenvalue weighted by molar-refractivity contribution is -0.274. The zero-order valence-electron chi connectivity index (χ0n) is 12.8. The van der Waals surface area contributed by atoms with Crippen molar-refractivity contribution in [3.8, 4) is 17.1 Å². The van der Waals surface area contributed by atoms with Crippen molar-refractivity contribution in [2.45, 2.75) is 12.9 Å². The molecule has 3 rings (SSSR count). The summed E-state index contributed by atoms with van der Waals surface area (Å²) >= 11 is 0. The molecule has 0 fully saturated rings. The summed E-state index contributed by atoms with van der Waals surface area (Å²) in [5.41, 5.74) is 3.35. The molecular weight excluding hydrogens is 321 g/mol. The third-order valence-corrected chi connectivity index (χ3v) is 3.42. The van der Waals surface area contributed by atoms with Gasteiger partial charge in [-0.05, 0) is 29.8 Å². The second-order valence-electron chi connectivity index (χ2n) is 5.14. The lowest BCUT2D eigenvalue weighted by Crippen LogP contribution is -2.17. The highest BCUT2D eigenvalue weighted by Crippen LogP contribution is 2.25. The Balaban J connectivity index is 1.82. The molecule has 0 radical (unpaired) electrons. The smallest absolute Gasteiger partial charge is 0.406 e. The number of hydrogen-bond acceptors (Lipinski definition) is 2. The van der Waals surface area contributed by atoms with Crippen LogP contribution < -0.4 is 4.74 Å². The topological polar surface area (TPSA) is 58.1 Å². The summed E-state index contributed by atoms with van der Waals surface area (Å²) in [6.07, 6.45) is -1.14. The first-order valence-corrected chi connectivity index (χ1v) is 7.15. The van der Waals surface area contributed by atoms with Crippen LogP contribution in [-0.2, 0) is 6.54 Å². The van der Waals surface area contributed by atoms with Gasteiger partial charge in [0, 0.05) is 26.0 Å². The number of halogens is 3. The zero-order chi connectivity index (χ0) is 17.2. The van der Waals surface area contributed by atoms with Gasteiger partial charge in [-0.1, -0.05) is 12.1 Å². The molecule has 2 heterocycles. The maximum Gasteiger partial charge on any atom is 0.573 e. The average molecular weight is 336 g/mol. The van der Waals surface area contributed by atoms with Crippen LogP contribution in [0.15, 0.2) is 47.6 Å². The molecule has 0 spiro atoms. The number of benzene rings is 1. The van der Waals surface area contributed by atoms with E-state index in [1.165, 1.54) is 18.2 Å². The van der Waals surface area contributed by atoms with E-state index in [9.17, 15) is 13.2 Å². The quantitative estimate of drug-likeness (QED) is 0.684. The third kappa shape index (κ3) is 3.53. The van der Waals surface area contributed by atoms with Crippen molar-refractivity contribution < 1.29 is 17.9 Å². The number of ether oxygens (including phenoxy) is 1. The van der Waals surface area contributed by atoms with Crippen molar-refractivity contribution in [3.05, 3.63) is 53.9 Å². The first-order chi connectivity index (χ1) is 11.5. The Morgan fingerprint density at radius 3 is 2.71 bits per heavy atom. The summed E-state index contributed by atoms with van der Waals surface area (Å²) in [4.78, 5) is 3.96. The van der Waals surface area contributed by atoms with Crippen molar-refractivity contribution in [3.63, 3.8) is 0 Å². The number of aliphatic imine (C=N–C) groups is 1. The van der Waals surface area contributed by atoms with Crippen LogP contribution in [0.25, 0.3) is 11.4 Å². The maximum atomic E-state index is 12.3. The summed E-state index contributed by atoms with van der Waals surface area (Å²) in [6.45, 7) is 0.416. The minimum atomic E-state index is -4.70.